The van der Waals surface area contributed by atoms with Crippen molar-refractivity contribution in [1.82, 2.24) is 20.9 Å². The Morgan fingerprint density at radius 1 is 0.829 bits per heavy atom. The van der Waals surface area contributed by atoms with Gasteiger partial charge in [-0.05, 0) is 23.6 Å². The lowest BCUT2D eigenvalue weighted by molar-refractivity contribution is -0.142. The number of carbonyl (C=O) groups is 5. The molecule has 1 heterocycles. The Labute approximate surface area is 242 Å². The van der Waals surface area contributed by atoms with Crippen molar-refractivity contribution in [3.05, 3.63) is 71.9 Å². The molecule has 12 nitrogen and oxygen atoms in total. The summed E-state index contributed by atoms with van der Waals surface area (Å²) in [4.78, 5) is 65.8. The molecule has 4 amide bonds. The largest absolute Gasteiger partial charge is 0.480 e. The maximum Gasteiger partial charge on any atom is 0.326 e. The highest BCUT2D eigenvalue weighted by Gasteiger charge is 2.31. The van der Waals surface area contributed by atoms with E-state index in [0.29, 0.717) is 5.56 Å². The van der Waals surface area contributed by atoms with Crippen molar-refractivity contribution in [3.8, 4) is 0 Å². The summed E-state index contributed by atoms with van der Waals surface area (Å²) in [6, 6.07) is 11.5. The van der Waals surface area contributed by atoms with E-state index < -0.39 is 53.8 Å². The zero-order valence-electron chi connectivity index (χ0n) is 22.2. The smallest absolute Gasteiger partial charge is 0.326 e. The Hall–Kier alpha value is -4.36. The molecule has 13 heteroatoms. The van der Waals surface area contributed by atoms with Gasteiger partial charge in [0.2, 0.25) is 23.6 Å². The topological polar surface area (TPSA) is 209 Å². The van der Waals surface area contributed by atoms with Gasteiger partial charge in [-0.1, -0.05) is 48.5 Å². The Morgan fingerprint density at radius 2 is 1.44 bits per heavy atom. The third-order valence-electron chi connectivity index (χ3n) is 6.48. The number of aromatic amines is 1. The van der Waals surface area contributed by atoms with Gasteiger partial charge in [0.25, 0.3) is 0 Å². The number of carbonyl (C=O) groups excluding carboxylic acids is 4. The van der Waals surface area contributed by atoms with Crippen LogP contribution in [-0.2, 0) is 36.8 Å². The molecular weight excluding hydrogens is 548 g/mol. The van der Waals surface area contributed by atoms with Crippen LogP contribution >= 0.6 is 12.6 Å². The van der Waals surface area contributed by atoms with Crippen LogP contribution in [0.4, 0.5) is 0 Å². The molecule has 9 N–H and O–H groups in total. The van der Waals surface area contributed by atoms with E-state index in [1.165, 1.54) is 0 Å². The van der Waals surface area contributed by atoms with Gasteiger partial charge in [-0.15, -0.1) is 0 Å². The number of H-pyrrole nitrogens is 1. The molecule has 3 rings (SSSR count). The lowest BCUT2D eigenvalue weighted by Crippen LogP contribution is -2.58. The number of hydrogen-bond acceptors (Lipinski definition) is 7. The summed E-state index contributed by atoms with van der Waals surface area (Å²) in [5.41, 5.74) is 13.3. The molecule has 4 atom stereocenters. The first-order valence-electron chi connectivity index (χ1n) is 13.0. The van der Waals surface area contributed by atoms with E-state index in [0.717, 1.165) is 16.5 Å². The zero-order valence-corrected chi connectivity index (χ0v) is 23.1. The highest BCUT2D eigenvalue weighted by molar-refractivity contribution is 7.80. The summed E-state index contributed by atoms with van der Waals surface area (Å²) in [5.74, 6) is -4.09. The summed E-state index contributed by atoms with van der Waals surface area (Å²) in [6.45, 7) is 0. The van der Waals surface area contributed by atoms with Crippen molar-refractivity contribution >= 4 is 53.1 Å². The van der Waals surface area contributed by atoms with Gasteiger partial charge in [0, 0.05) is 42.1 Å². The van der Waals surface area contributed by atoms with Gasteiger partial charge in [0.15, 0.2) is 0 Å². The summed E-state index contributed by atoms with van der Waals surface area (Å²) in [7, 11) is 0. The van der Waals surface area contributed by atoms with Gasteiger partial charge in [-0.3, -0.25) is 19.2 Å². The number of aromatic nitrogens is 1. The Kier molecular flexibility index (Phi) is 11.3. The molecule has 2 aromatic carbocycles. The van der Waals surface area contributed by atoms with Crippen LogP contribution in [0.2, 0.25) is 0 Å². The van der Waals surface area contributed by atoms with E-state index >= 15 is 0 Å². The van der Waals surface area contributed by atoms with Crippen LogP contribution in [0, 0.1) is 0 Å². The number of benzene rings is 2. The SMILES string of the molecule is NC(=O)CCC(NC(=O)C(Cc1ccccc1)NC(=O)C(N)CS)C(=O)NC(Cc1c[nH]c2ccccc12)C(=O)O. The first-order chi connectivity index (χ1) is 19.6. The normalized spacial score (nSPS) is 13.9. The average Bonchev–Trinajstić information content (AvgIpc) is 3.36. The summed E-state index contributed by atoms with van der Waals surface area (Å²) >= 11 is 4.02. The van der Waals surface area contributed by atoms with Gasteiger partial charge >= 0.3 is 5.97 Å². The first-order valence-corrected chi connectivity index (χ1v) is 13.6. The standard InChI is InChI=1S/C28H34N6O6S/c29-19(15-41)25(36)33-22(12-16-6-2-1-3-7-16)27(38)32-21(10-11-24(30)35)26(37)34-23(28(39)40)13-17-14-31-20-9-5-4-8-18(17)20/h1-9,14,19,21-23,31,41H,10-13,15,29H2,(H2,30,35)(H,32,38)(H,33,36)(H,34,37)(H,39,40). The number of nitrogens with two attached hydrogens (primary N) is 2. The van der Waals surface area contributed by atoms with Crippen LogP contribution in [-0.4, -0.2) is 69.6 Å². The molecule has 41 heavy (non-hydrogen) atoms. The Morgan fingerprint density at radius 3 is 2.10 bits per heavy atom. The Balaban J connectivity index is 1.79. The maximum atomic E-state index is 13.4. The minimum absolute atomic E-state index is 0.0319. The molecule has 218 valence electrons. The summed E-state index contributed by atoms with van der Waals surface area (Å²) in [6.07, 6.45) is 1.29. The number of rotatable bonds is 15. The minimum atomic E-state index is -1.33. The number of carboxylic acid groups (broad SMARTS) is 1. The highest BCUT2D eigenvalue weighted by atomic mass is 32.1. The second kappa shape index (κ2) is 14.9. The van der Waals surface area contributed by atoms with Crippen LogP contribution in [0.5, 0.6) is 0 Å². The fourth-order valence-corrected chi connectivity index (χ4v) is 4.41. The maximum absolute atomic E-state index is 13.4. The van der Waals surface area contributed by atoms with Gasteiger partial charge in [0.05, 0.1) is 6.04 Å². The Bertz CT molecular complexity index is 1380. The molecule has 0 aliphatic rings. The van der Waals surface area contributed by atoms with Gasteiger partial charge < -0.3 is 37.5 Å². The van der Waals surface area contributed by atoms with E-state index in [9.17, 15) is 29.1 Å². The quantitative estimate of drug-likeness (QED) is 0.115. The molecule has 0 bridgehead atoms. The molecule has 3 aromatic rings. The molecule has 0 saturated carbocycles. The number of hydrogen-bond donors (Lipinski definition) is 8. The molecule has 0 spiro atoms. The van der Waals surface area contributed by atoms with Gasteiger partial charge in [-0.25, -0.2) is 4.79 Å². The molecule has 0 aliphatic carbocycles. The third-order valence-corrected chi connectivity index (χ3v) is 6.87. The van der Waals surface area contributed by atoms with Crippen molar-refractivity contribution in [2.24, 2.45) is 11.5 Å². The number of fused-ring (bicyclic) bond motifs is 1. The van der Waals surface area contributed by atoms with E-state index in [-0.39, 0.29) is 31.4 Å². The summed E-state index contributed by atoms with van der Waals surface area (Å²) < 4.78 is 0. The zero-order chi connectivity index (χ0) is 29.9. The van der Waals surface area contributed by atoms with Crippen molar-refractivity contribution in [3.63, 3.8) is 0 Å². The van der Waals surface area contributed by atoms with E-state index in [1.54, 1.807) is 36.5 Å². The van der Waals surface area contributed by atoms with Crippen LogP contribution in [0.25, 0.3) is 10.9 Å². The van der Waals surface area contributed by atoms with E-state index in [2.05, 4.69) is 33.6 Å². The van der Waals surface area contributed by atoms with Crippen molar-refractivity contribution in [1.29, 1.82) is 0 Å². The lowest BCUT2D eigenvalue weighted by atomic mass is 10.0. The van der Waals surface area contributed by atoms with Gasteiger partial charge in [-0.2, -0.15) is 12.6 Å². The van der Waals surface area contributed by atoms with Gasteiger partial charge in [0.1, 0.15) is 18.1 Å². The lowest BCUT2D eigenvalue weighted by Gasteiger charge is -2.25. The van der Waals surface area contributed by atoms with Crippen molar-refractivity contribution in [2.45, 2.75) is 49.9 Å². The molecule has 4 unspecified atom stereocenters. The number of primary amides is 1. The molecule has 1 aromatic heterocycles. The van der Waals surface area contributed by atoms with Crippen LogP contribution < -0.4 is 27.4 Å². The molecule has 0 aliphatic heterocycles. The minimum Gasteiger partial charge on any atom is -0.480 e. The molecule has 0 fully saturated rings. The van der Waals surface area contributed by atoms with Crippen molar-refractivity contribution < 1.29 is 29.1 Å². The molecule has 0 radical (unpaired) electrons. The van der Waals surface area contributed by atoms with Crippen LogP contribution in [0.15, 0.2) is 60.8 Å². The number of aliphatic carboxylic acids is 1. The average molecular weight is 583 g/mol. The summed E-state index contributed by atoms with van der Waals surface area (Å²) in [5, 5.41) is 18.3. The van der Waals surface area contributed by atoms with Crippen LogP contribution in [0.1, 0.15) is 24.0 Å². The highest BCUT2D eigenvalue weighted by Crippen LogP contribution is 2.19. The van der Waals surface area contributed by atoms with Crippen molar-refractivity contribution in [2.75, 3.05) is 5.75 Å². The number of thiol groups is 1. The predicted octanol–water partition coefficient (Wildman–Crippen LogP) is 0.0147. The predicted molar refractivity (Wildman–Crippen MR) is 156 cm³/mol. The number of carboxylic acids is 1. The molecular formula is C28H34N6O6S. The fraction of sp³-hybridized carbons (Fsp3) is 0.321. The fourth-order valence-electron chi connectivity index (χ4n) is 4.24. The van der Waals surface area contributed by atoms with E-state index in [4.69, 9.17) is 11.5 Å². The van der Waals surface area contributed by atoms with Crippen LogP contribution in [0.3, 0.4) is 0 Å². The third kappa shape index (κ3) is 9.08. The number of nitrogens with one attached hydrogen (secondary N) is 4. The second-order valence-electron chi connectivity index (χ2n) is 9.57. The van der Waals surface area contributed by atoms with E-state index in [1.807, 2.05) is 24.3 Å². The number of amides is 4. The second-order valence-corrected chi connectivity index (χ2v) is 9.93. The number of para-hydroxylation sites is 1. The molecule has 0 saturated heterocycles. The monoisotopic (exact) mass is 582 g/mol. The first kappa shape index (κ1) is 31.2.